The lowest BCUT2D eigenvalue weighted by Crippen LogP contribution is -1.97. The summed E-state index contributed by atoms with van der Waals surface area (Å²) in [6.07, 6.45) is 6.95. The lowest BCUT2D eigenvalue weighted by Gasteiger charge is -2.09. The second kappa shape index (κ2) is 10.1. The minimum Gasteiger partial charge on any atom is -0.481 e. The number of benzene rings is 4. The smallest absolute Gasteiger partial charge is 0.303 e. The average Bonchev–Trinajstić information content (AvgIpc) is 3.26. The molecule has 0 unspecified atom stereocenters. The molecule has 0 saturated heterocycles. The molecule has 0 spiro atoms. The van der Waals surface area contributed by atoms with Crippen molar-refractivity contribution in [1.82, 2.24) is 4.57 Å². The third kappa shape index (κ3) is 5.33. The Hall–Kier alpha value is -4.57. The number of rotatable bonds is 8. The molecular formula is C31H25NO3. The normalized spacial score (nSPS) is 11.2. The summed E-state index contributed by atoms with van der Waals surface area (Å²) in [6, 6.07) is 34.1. The summed E-state index contributed by atoms with van der Waals surface area (Å²) in [5.41, 5.74) is 5.30. The molecule has 172 valence electrons. The van der Waals surface area contributed by atoms with E-state index in [9.17, 15) is 4.79 Å². The van der Waals surface area contributed by atoms with Gasteiger partial charge in [0.15, 0.2) is 0 Å². The van der Waals surface area contributed by atoms with Crippen molar-refractivity contribution in [3.05, 3.63) is 126 Å². The number of hydrogen-bond acceptors (Lipinski definition) is 2. The molecule has 0 aliphatic heterocycles. The van der Waals surface area contributed by atoms with Gasteiger partial charge in [-0.15, -0.1) is 0 Å². The molecule has 5 rings (SSSR count). The summed E-state index contributed by atoms with van der Waals surface area (Å²) >= 11 is 0. The van der Waals surface area contributed by atoms with E-state index in [4.69, 9.17) is 9.84 Å². The quantitative estimate of drug-likeness (QED) is 0.260. The molecule has 1 aromatic heterocycles. The van der Waals surface area contributed by atoms with Crippen molar-refractivity contribution >= 4 is 29.0 Å². The molecule has 0 aliphatic carbocycles. The van der Waals surface area contributed by atoms with Gasteiger partial charge in [0.1, 0.15) is 11.5 Å². The standard InChI is InChI=1S/C31H25NO3/c33-31(34)20-13-24-12-19-30-29(21-24)25(14-11-23-7-3-1-4-8-23)22-32(30)26-15-17-28(18-16-26)35-27-9-5-2-6-10-27/h1-12,14-19,21-22H,13,20H2,(H,33,34). The fourth-order valence-corrected chi connectivity index (χ4v) is 4.11. The highest BCUT2D eigenvalue weighted by atomic mass is 16.5. The monoisotopic (exact) mass is 459 g/mol. The van der Waals surface area contributed by atoms with E-state index < -0.39 is 5.97 Å². The number of carbonyl (C=O) groups is 1. The number of aliphatic carboxylic acids is 1. The number of aromatic nitrogens is 1. The number of hydrogen-bond donors (Lipinski definition) is 1. The highest BCUT2D eigenvalue weighted by Gasteiger charge is 2.11. The molecule has 4 aromatic carbocycles. The molecule has 4 heteroatoms. The highest BCUT2D eigenvalue weighted by Crippen LogP contribution is 2.30. The van der Waals surface area contributed by atoms with Crippen molar-refractivity contribution in [2.75, 3.05) is 0 Å². The summed E-state index contributed by atoms with van der Waals surface area (Å²) in [5.74, 6) is 0.787. The maximum absolute atomic E-state index is 11.1. The third-order valence-corrected chi connectivity index (χ3v) is 5.88. The van der Waals surface area contributed by atoms with Gasteiger partial charge in [0.2, 0.25) is 0 Å². The van der Waals surface area contributed by atoms with E-state index in [0.29, 0.717) is 6.42 Å². The predicted octanol–water partition coefficient (Wildman–Crippen LogP) is 7.61. The maximum atomic E-state index is 11.1. The van der Waals surface area contributed by atoms with E-state index in [0.717, 1.165) is 44.8 Å². The predicted molar refractivity (Wildman–Crippen MR) is 141 cm³/mol. The van der Waals surface area contributed by atoms with Gasteiger partial charge in [0.25, 0.3) is 0 Å². The summed E-state index contributed by atoms with van der Waals surface area (Å²) in [4.78, 5) is 11.1. The van der Waals surface area contributed by atoms with Gasteiger partial charge in [0.05, 0.1) is 5.52 Å². The van der Waals surface area contributed by atoms with Crippen LogP contribution in [-0.4, -0.2) is 15.6 Å². The van der Waals surface area contributed by atoms with Crippen LogP contribution < -0.4 is 4.74 Å². The van der Waals surface area contributed by atoms with Crippen molar-refractivity contribution in [3.63, 3.8) is 0 Å². The molecule has 0 fully saturated rings. The van der Waals surface area contributed by atoms with Gasteiger partial charge in [0, 0.05) is 29.3 Å². The Labute approximate surface area is 204 Å². The molecule has 0 saturated carbocycles. The van der Waals surface area contributed by atoms with E-state index in [1.165, 1.54) is 0 Å². The Morgan fingerprint density at radius 2 is 1.49 bits per heavy atom. The number of carboxylic acids is 1. The van der Waals surface area contributed by atoms with Crippen LogP contribution in [0.5, 0.6) is 11.5 Å². The average molecular weight is 460 g/mol. The van der Waals surface area contributed by atoms with E-state index >= 15 is 0 Å². The summed E-state index contributed by atoms with van der Waals surface area (Å²) in [6.45, 7) is 0. The zero-order valence-corrected chi connectivity index (χ0v) is 19.2. The Kier molecular flexibility index (Phi) is 6.44. The van der Waals surface area contributed by atoms with Crippen LogP contribution in [0, 0.1) is 0 Å². The number of aryl methyl sites for hydroxylation is 1. The van der Waals surface area contributed by atoms with E-state index in [1.54, 1.807) is 0 Å². The van der Waals surface area contributed by atoms with Crippen LogP contribution in [-0.2, 0) is 11.2 Å². The summed E-state index contributed by atoms with van der Waals surface area (Å²) < 4.78 is 8.10. The fraction of sp³-hybridized carbons (Fsp3) is 0.0645. The second-order valence-electron chi connectivity index (χ2n) is 8.35. The fourth-order valence-electron chi connectivity index (χ4n) is 4.11. The van der Waals surface area contributed by atoms with Gasteiger partial charge in [-0.25, -0.2) is 0 Å². The molecule has 0 aliphatic rings. The zero-order chi connectivity index (χ0) is 24.0. The molecule has 0 atom stereocenters. The molecule has 5 aromatic rings. The number of fused-ring (bicyclic) bond motifs is 1. The zero-order valence-electron chi connectivity index (χ0n) is 19.2. The van der Waals surface area contributed by atoms with Crippen molar-refractivity contribution in [3.8, 4) is 17.2 Å². The third-order valence-electron chi connectivity index (χ3n) is 5.88. The Morgan fingerprint density at radius 1 is 0.800 bits per heavy atom. The topological polar surface area (TPSA) is 51.5 Å². The van der Waals surface area contributed by atoms with Crippen molar-refractivity contribution in [2.45, 2.75) is 12.8 Å². The van der Waals surface area contributed by atoms with E-state index in [1.807, 2.05) is 78.9 Å². The van der Waals surface area contributed by atoms with Crippen molar-refractivity contribution in [2.24, 2.45) is 0 Å². The SMILES string of the molecule is O=C(O)CCc1ccc2c(c1)c(C=Cc1ccccc1)cn2-c1ccc(Oc2ccccc2)cc1. The largest absolute Gasteiger partial charge is 0.481 e. The van der Waals surface area contributed by atoms with E-state index in [2.05, 4.69) is 47.2 Å². The molecule has 0 amide bonds. The molecule has 0 bridgehead atoms. The Balaban J connectivity index is 1.50. The summed E-state index contributed by atoms with van der Waals surface area (Å²) in [7, 11) is 0. The summed E-state index contributed by atoms with van der Waals surface area (Å²) in [5, 5.41) is 10.2. The van der Waals surface area contributed by atoms with Crippen molar-refractivity contribution < 1.29 is 14.6 Å². The first-order valence-electron chi connectivity index (χ1n) is 11.6. The first-order chi connectivity index (χ1) is 17.2. The van der Waals surface area contributed by atoms with Gasteiger partial charge in [-0.1, -0.05) is 66.7 Å². The maximum Gasteiger partial charge on any atom is 0.303 e. The molecule has 1 heterocycles. The van der Waals surface area contributed by atoms with Crippen molar-refractivity contribution in [1.29, 1.82) is 0 Å². The molecule has 0 radical (unpaired) electrons. The number of carboxylic acid groups (broad SMARTS) is 1. The number of nitrogens with zero attached hydrogens (tertiary/aromatic N) is 1. The first kappa shape index (κ1) is 22.2. The van der Waals surface area contributed by atoms with Gasteiger partial charge >= 0.3 is 5.97 Å². The van der Waals surface area contributed by atoms with Gasteiger partial charge < -0.3 is 14.4 Å². The number of para-hydroxylation sites is 1. The molecular weight excluding hydrogens is 434 g/mol. The van der Waals surface area contributed by atoms with Crippen LogP contribution in [0.25, 0.3) is 28.7 Å². The van der Waals surface area contributed by atoms with Crippen LogP contribution in [0.15, 0.2) is 109 Å². The Morgan fingerprint density at radius 3 is 2.20 bits per heavy atom. The van der Waals surface area contributed by atoms with E-state index in [-0.39, 0.29) is 6.42 Å². The molecule has 35 heavy (non-hydrogen) atoms. The Bertz CT molecular complexity index is 1470. The van der Waals surface area contributed by atoms with Crippen LogP contribution >= 0.6 is 0 Å². The second-order valence-corrected chi connectivity index (χ2v) is 8.35. The molecule has 1 N–H and O–H groups in total. The first-order valence-corrected chi connectivity index (χ1v) is 11.6. The molecule has 4 nitrogen and oxygen atoms in total. The highest BCUT2D eigenvalue weighted by molar-refractivity contribution is 5.93. The minimum absolute atomic E-state index is 0.115. The lowest BCUT2D eigenvalue weighted by molar-refractivity contribution is -0.136. The lowest BCUT2D eigenvalue weighted by atomic mass is 10.0. The minimum atomic E-state index is -0.787. The van der Waals surface area contributed by atoms with Gasteiger partial charge in [-0.3, -0.25) is 4.79 Å². The van der Waals surface area contributed by atoms with Gasteiger partial charge in [-0.2, -0.15) is 0 Å². The number of ether oxygens (including phenoxy) is 1. The van der Waals surface area contributed by atoms with Crippen LogP contribution in [0.4, 0.5) is 0 Å². The van der Waals surface area contributed by atoms with Crippen LogP contribution in [0.2, 0.25) is 0 Å². The van der Waals surface area contributed by atoms with Crippen LogP contribution in [0.1, 0.15) is 23.1 Å². The van der Waals surface area contributed by atoms with Gasteiger partial charge in [-0.05, 0) is 66.1 Å². The van der Waals surface area contributed by atoms with Crippen LogP contribution in [0.3, 0.4) is 0 Å².